The molecule has 1 aromatic carbocycles. The number of ketones is 1. The number of carbonyl (C=O) groups excluding carboxylic acids is 1. The van der Waals surface area contributed by atoms with Gasteiger partial charge >= 0.3 is 0 Å². The lowest BCUT2D eigenvalue weighted by molar-refractivity contribution is -0.213. The highest BCUT2D eigenvalue weighted by molar-refractivity contribution is 6.00. The predicted molar refractivity (Wildman–Crippen MR) is 159 cm³/mol. The Bertz CT molecular complexity index is 1210. The van der Waals surface area contributed by atoms with E-state index < -0.39 is 0 Å². The fourth-order valence-corrected chi connectivity index (χ4v) is 11.9. The summed E-state index contributed by atoms with van der Waals surface area (Å²) in [6.45, 7) is 19.8. The Morgan fingerprint density at radius 2 is 1.62 bits per heavy atom. The third kappa shape index (κ3) is 3.66. The summed E-state index contributed by atoms with van der Waals surface area (Å²) in [4.78, 5) is 13.3. The molecule has 3 heteroatoms. The summed E-state index contributed by atoms with van der Waals surface area (Å²) in [5, 5.41) is 3.77. The molecule has 0 radical (unpaired) electrons. The first-order chi connectivity index (χ1) is 18.2. The Hall–Kier alpha value is -1.64. The number of nitrogens with one attached hydrogen (secondary N) is 1. The molecule has 0 saturated heterocycles. The van der Waals surface area contributed by atoms with Crippen molar-refractivity contribution >= 4 is 11.5 Å². The van der Waals surface area contributed by atoms with Gasteiger partial charge in [0.05, 0.1) is 0 Å². The van der Waals surface area contributed by atoms with Crippen LogP contribution in [0.1, 0.15) is 113 Å². The standard InChI is InChI=1S/C36H52FNO/c1-22(2)30-26(39)21-33(5)18-19-35(7)25(31(30)33)12-13-28-34(6)16-15-29(38-24-11-9-10-23(37)20-24)32(3,4)27(34)14-17-36(28,35)8/h9-11,20,22,25,27-29,38H,12-19,21H2,1-8H3/t25-,27+,28-,29?,33+,34+,35-,36-/m1/s1. The lowest BCUT2D eigenvalue weighted by atomic mass is 9.33. The zero-order valence-electron chi connectivity index (χ0n) is 25.8. The molecular formula is C36H52FNO. The highest BCUT2D eigenvalue weighted by atomic mass is 19.1. The third-order valence-electron chi connectivity index (χ3n) is 14.0. The summed E-state index contributed by atoms with van der Waals surface area (Å²) in [7, 11) is 0. The number of benzene rings is 1. The van der Waals surface area contributed by atoms with Gasteiger partial charge in [-0.25, -0.2) is 4.39 Å². The van der Waals surface area contributed by atoms with E-state index in [0.717, 1.165) is 18.5 Å². The molecule has 2 nitrogen and oxygen atoms in total. The first kappa shape index (κ1) is 27.5. The summed E-state index contributed by atoms with van der Waals surface area (Å²) in [6.07, 6.45) is 10.7. The molecule has 0 amide bonds. The van der Waals surface area contributed by atoms with Crippen LogP contribution >= 0.6 is 0 Å². The first-order valence-corrected chi connectivity index (χ1v) is 16.0. The van der Waals surface area contributed by atoms with Crippen molar-refractivity contribution in [2.24, 2.45) is 50.7 Å². The van der Waals surface area contributed by atoms with Crippen molar-refractivity contribution in [3.8, 4) is 0 Å². The fraction of sp³-hybridized carbons (Fsp3) is 0.750. The third-order valence-corrected chi connectivity index (χ3v) is 14.0. The van der Waals surface area contributed by atoms with Crippen LogP contribution in [0.15, 0.2) is 35.4 Å². The van der Waals surface area contributed by atoms with Crippen LogP contribution < -0.4 is 5.32 Å². The second-order valence-electron chi connectivity index (χ2n) is 16.3. The number of rotatable bonds is 3. The predicted octanol–water partition coefficient (Wildman–Crippen LogP) is 9.61. The van der Waals surface area contributed by atoms with E-state index in [2.05, 4.69) is 60.7 Å². The molecule has 0 spiro atoms. The average molecular weight is 534 g/mol. The maximum absolute atomic E-state index is 14.0. The summed E-state index contributed by atoms with van der Waals surface area (Å²) in [5.41, 5.74) is 4.80. The van der Waals surface area contributed by atoms with Gasteiger partial charge < -0.3 is 5.32 Å². The van der Waals surface area contributed by atoms with E-state index in [4.69, 9.17) is 0 Å². The van der Waals surface area contributed by atoms with Crippen LogP contribution in [-0.4, -0.2) is 11.8 Å². The maximum Gasteiger partial charge on any atom is 0.159 e. The van der Waals surface area contributed by atoms with Crippen molar-refractivity contribution in [2.45, 2.75) is 119 Å². The Morgan fingerprint density at radius 1 is 0.872 bits per heavy atom. The highest BCUT2D eigenvalue weighted by Gasteiger charge is 2.69. The maximum atomic E-state index is 14.0. The number of fused-ring (bicyclic) bond motifs is 7. The molecule has 0 aromatic heterocycles. The van der Waals surface area contributed by atoms with Crippen LogP contribution in [0.2, 0.25) is 0 Å². The number of anilines is 1. The summed E-state index contributed by atoms with van der Waals surface area (Å²) in [6, 6.07) is 7.36. The number of carbonyl (C=O) groups is 1. The van der Waals surface area contributed by atoms with Crippen LogP contribution in [0.5, 0.6) is 0 Å². The minimum Gasteiger partial charge on any atom is -0.382 e. The smallest absolute Gasteiger partial charge is 0.159 e. The zero-order valence-corrected chi connectivity index (χ0v) is 25.8. The molecule has 214 valence electrons. The average Bonchev–Trinajstić information content (AvgIpc) is 3.12. The van der Waals surface area contributed by atoms with E-state index in [9.17, 15) is 9.18 Å². The largest absolute Gasteiger partial charge is 0.382 e. The second kappa shape index (κ2) is 8.68. The molecule has 4 saturated carbocycles. The van der Waals surface area contributed by atoms with Crippen LogP contribution in [-0.2, 0) is 4.79 Å². The molecule has 6 rings (SSSR count). The zero-order chi connectivity index (χ0) is 28.2. The number of allylic oxidation sites excluding steroid dienone is 2. The molecule has 39 heavy (non-hydrogen) atoms. The van der Waals surface area contributed by atoms with Crippen molar-refractivity contribution in [1.82, 2.24) is 0 Å². The van der Waals surface area contributed by atoms with Crippen LogP contribution in [0.3, 0.4) is 0 Å². The molecular weight excluding hydrogens is 481 g/mol. The highest BCUT2D eigenvalue weighted by Crippen LogP contribution is 2.76. The van der Waals surface area contributed by atoms with E-state index in [1.807, 2.05) is 12.1 Å². The fourth-order valence-electron chi connectivity index (χ4n) is 11.9. The Balaban J connectivity index is 1.34. The van der Waals surface area contributed by atoms with Crippen molar-refractivity contribution in [3.05, 3.63) is 41.2 Å². The van der Waals surface area contributed by atoms with E-state index in [0.29, 0.717) is 46.3 Å². The lowest BCUT2D eigenvalue weighted by Crippen LogP contribution is -2.66. The minimum absolute atomic E-state index is 0.0911. The normalized spacial score (nSPS) is 44.9. The molecule has 0 heterocycles. The van der Waals surface area contributed by atoms with E-state index in [1.54, 1.807) is 11.6 Å². The molecule has 1 aromatic rings. The van der Waals surface area contributed by atoms with Gasteiger partial charge in [0.25, 0.3) is 0 Å². The van der Waals surface area contributed by atoms with Gasteiger partial charge in [0.2, 0.25) is 0 Å². The van der Waals surface area contributed by atoms with Gasteiger partial charge in [-0.3, -0.25) is 4.79 Å². The van der Waals surface area contributed by atoms with Crippen LogP contribution in [0.4, 0.5) is 10.1 Å². The SMILES string of the molecule is CC(C)C1=C2[C@H]3CC[C@@H]4[C@@]5(C)CCC(Nc6cccc(F)c6)C(C)(C)[C@@H]5CC[C@@]4(C)[C@]3(C)CC[C@@]2(C)CC1=O. The van der Waals surface area contributed by atoms with Crippen molar-refractivity contribution < 1.29 is 9.18 Å². The monoisotopic (exact) mass is 533 g/mol. The Labute approximate surface area is 237 Å². The molecule has 5 aliphatic rings. The van der Waals surface area contributed by atoms with Gasteiger partial charge in [0.1, 0.15) is 5.82 Å². The number of halogens is 1. The van der Waals surface area contributed by atoms with Crippen molar-refractivity contribution in [2.75, 3.05) is 5.32 Å². The topological polar surface area (TPSA) is 29.1 Å². The van der Waals surface area contributed by atoms with Gasteiger partial charge in [-0.1, -0.05) is 67.0 Å². The number of Topliss-reactive ketones (excluding diaryl/α,β-unsaturated/α-hetero) is 1. The molecule has 0 aliphatic heterocycles. The Morgan fingerprint density at radius 3 is 2.31 bits per heavy atom. The van der Waals surface area contributed by atoms with Crippen molar-refractivity contribution in [3.63, 3.8) is 0 Å². The van der Waals surface area contributed by atoms with E-state index >= 15 is 0 Å². The van der Waals surface area contributed by atoms with Crippen LogP contribution in [0, 0.1) is 56.6 Å². The molecule has 1 unspecified atom stereocenters. The van der Waals surface area contributed by atoms with E-state index in [1.165, 1.54) is 56.6 Å². The molecule has 5 aliphatic carbocycles. The minimum atomic E-state index is -0.167. The van der Waals surface area contributed by atoms with Gasteiger partial charge in [-0.05, 0) is 126 Å². The molecule has 1 N–H and O–H groups in total. The summed E-state index contributed by atoms with van der Waals surface area (Å²) in [5.74, 6) is 2.53. The molecule has 0 bridgehead atoms. The van der Waals surface area contributed by atoms with Crippen molar-refractivity contribution in [1.29, 1.82) is 0 Å². The summed E-state index contributed by atoms with van der Waals surface area (Å²) >= 11 is 0. The Kier molecular flexibility index (Phi) is 6.13. The molecule has 4 fully saturated rings. The molecule has 8 atom stereocenters. The van der Waals surface area contributed by atoms with Gasteiger partial charge in [-0.15, -0.1) is 0 Å². The number of hydrogen-bond donors (Lipinski definition) is 1. The van der Waals surface area contributed by atoms with Gasteiger partial charge in [0, 0.05) is 18.2 Å². The van der Waals surface area contributed by atoms with Gasteiger partial charge in [-0.2, -0.15) is 0 Å². The number of hydrogen-bond acceptors (Lipinski definition) is 2. The van der Waals surface area contributed by atoms with Crippen LogP contribution in [0.25, 0.3) is 0 Å². The quantitative estimate of drug-likeness (QED) is 0.419. The second-order valence-corrected chi connectivity index (χ2v) is 16.3. The lowest BCUT2D eigenvalue weighted by Gasteiger charge is -2.72. The van der Waals surface area contributed by atoms with Gasteiger partial charge in [0.15, 0.2) is 5.78 Å². The summed E-state index contributed by atoms with van der Waals surface area (Å²) < 4.78 is 14.0. The first-order valence-electron chi connectivity index (χ1n) is 16.0. The van der Waals surface area contributed by atoms with E-state index in [-0.39, 0.29) is 22.1 Å².